The lowest BCUT2D eigenvalue weighted by molar-refractivity contribution is -0.648. The first-order chi connectivity index (χ1) is 9.19. The van der Waals surface area contributed by atoms with Crippen LogP contribution in [-0.4, -0.2) is 12.6 Å². The number of unbranched alkanes of at least 4 members (excludes halogenated alkanes) is 2. The molecule has 1 atom stereocenters. The Morgan fingerprint density at radius 3 is 2.85 bits per heavy atom. The number of rotatable bonds is 8. The first-order valence-electron chi connectivity index (χ1n) is 6.78. The van der Waals surface area contributed by atoms with Crippen molar-refractivity contribution in [3.63, 3.8) is 0 Å². The van der Waals surface area contributed by atoms with Gasteiger partial charge in [0.15, 0.2) is 0 Å². The van der Waals surface area contributed by atoms with Crippen LogP contribution in [0.5, 0.6) is 0 Å². The minimum absolute atomic E-state index is 0. The maximum Gasteiger partial charge on any atom is 0.321 e. The number of aromatic nitrogens is 1. The molecular weight excluding hydrogens is 295 g/mol. The Kier molecular flexibility index (Phi) is 10.2. The van der Waals surface area contributed by atoms with E-state index in [-0.39, 0.29) is 18.4 Å². The molecule has 0 saturated heterocycles. The standard InChI is InChI=1S/C14H22ClN4.ClH/c1-2-3-4-7-13(17)8-9-18-19-10-5-6-12(11-16)14(19)15;/h5-6,10,13,18H,2-4,7-9,17H2,1H3;1H/q+1;/p-1. The lowest BCUT2D eigenvalue weighted by Gasteiger charge is -2.10. The van der Waals surface area contributed by atoms with Crippen LogP contribution in [0.4, 0.5) is 0 Å². The predicted molar refractivity (Wildman–Crippen MR) is 77.3 cm³/mol. The number of nitriles is 1. The second kappa shape index (κ2) is 10.7. The van der Waals surface area contributed by atoms with Crippen LogP contribution in [0.15, 0.2) is 18.3 Å². The van der Waals surface area contributed by atoms with Gasteiger partial charge in [-0.1, -0.05) is 30.9 Å². The molecule has 0 aromatic carbocycles. The van der Waals surface area contributed by atoms with Gasteiger partial charge in [0, 0.05) is 12.1 Å². The minimum Gasteiger partial charge on any atom is -1.00 e. The van der Waals surface area contributed by atoms with Crippen LogP contribution >= 0.6 is 11.6 Å². The molecule has 3 N–H and O–H groups in total. The predicted octanol–water partition coefficient (Wildman–Crippen LogP) is -0.656. The van der Waals surface area contributed by atoms with Crippen molar-refractivity contribution in [2.45, 2.75) is 45.1 Å². The van der Waals surface area contributed by atoms with E-state index < -0.39 is 0 Å². The van der Waals surface area contributed by atoms with Crippen molar-refractivity contribution in [3.8, 4) is 6.07 Å². The minimum atomic E-state index is 0. The average molecular weight is 317 g/mol. The summed E-state index contributed by atoms with van der Waals surface area (Å²) < 4.78 is 1.67. The quantitative estimate of drug-likeness (QED) is 0.380. The zero-order chi connectivity index (χ0) is 14.1. The lowest BCUT2D eigenvalue weighted by Crippen LogP contribution is -3.00. The van der Waals surface area contributed by atoms with Crippen LogP contribution in [-0.2, 0) is 0 Å². The van der Waals surface area contributed by atoms with Gasteiger partial charge in [-0.05, 0) is 30.5 Å². The molecule has 1 unspecified atom stereocenters. The Labute approximate surface area is 132 Å². The molecular formula is C14H22Cl2N4. The number of pyridine rings is 1. The molecule has 0 amide bonds. The SMILES string of the molecule is CCCCCC(N)CCN[n+]1cccc(C#N)c1Cl.[Cl-]. The number of hydrogen-bond acceptors (Lipinski definition) is 3. The van der Waals surface area contributed by atoms with E-state index in [0.717, 1.165) is 19.4 Å². The summed E-state index contributed by atoms with van der Waals surface area (Å²) >= 11 is 6.07. The Balaban J connectivity index is 0.00000361. The number of nitrogens with zero attached hydrogens (tertiary/aromatic N) is 2. The summed E-state index contributed by atoms with van der Waals surface area (Å²) in [5.41, 5.74) is 9.66. The Morgan fingerprint density at radius 2 is 2.20 bits per heavy atom. The highest BCUT2D eigenvalue weighted by Gasteiger charge is 2.13. The van der Waals surface area contributed by atoms with Crippen molar-refractivity contribution in [1.29, 1.82) is 5.26 Å². The Hall–Kier alpha value is -1.02. The third-order valence-electron chi connectivity index (χ3n) is 3.03. The van der Waals surface area contributed by atoms with Crippen molar-refractivity contribution in [2.75, 3.05) is 12.0 Å². The largest absolute Gasteiger partial charge is 1.00 e. The summed E-state index contributed by atoms with van der Waals surface area (Å²) in [4.78, 5) is 0. The van der Waals surface area contributed by atoms with Crippen LogP contribution in [0.1, 0.15) is 44.6 Å². The van der Waals surface area contributed by atoms with E-state index in [1.54, 1.807) is 23.0 Å². The molecule has 0 fully saturated rings. The molecule has 0 saturated carbocycles. The van der Waals surface area contributed by atoms with Crippen molar-refractivity contribution in [3.05, 3.63) is 29.0 Å². The summed E-state index contributed by atoms with van der Waals surface area (Å²) in [6, 6.07) is 5.75. The van der Waals surface area contributed by atoms with Gasteiger partial charge in [-0.3, -0.25) is 0 Å². The molecule has 4 nitrogen and oxygen atoms in total. The van der Waals surface area contributed by atoms with E-state index in [4.69, 9.17) is 22.6 Å². The van der Waals surface area contributed by atoms with Gasteiger partial charge in [0.25, 0.3) is 0 Å². The second-order valence-electron chi connectivity index (χ2n) is 4.65. The molecule has 0 bridgehead atoms. The molecule has 112 valence electrons. The fourth-order valence-corrected chi connectivity index (χ4v) is 2.09. The van der Waals surface area contributed by atoms with Gasteiger partial charge in [-0.2, -0.15) is 10.7 Å². The highest BCUT2D eigenvalue weighted by atomic mass is 35.5. The molecule has 1 rings (SSSR count). The number of nitrogens with one attached hydrogen (secondary N) is 1. The van der Waals surface area contributed by atoms with Gasteiger partial charge in [0.05, 0.1) is 6.54 Å². The highest BCUT2D eigenvalue weighted by molar-refractivity contribution is 6.29. The van der Waals surface area contributed by atoms with Gasteiger partial charge in [0.2, 0.25) is 6.20 Å². The van der Waals surface area contributed by atoms with Gasteiger partial charge in [-0.15, -0.1) is 0 Å². The highest BCUT2D eigenvalue weighted by Crippen LogP contribution is 2.07. The first kappa shape index (κ1) is 19.0. The molecule has 1 aromatic heterocycles. The molecule has 0 spiro atoms. The molecule has 20 heavy (non-hydrogen) atoms. The number of hydrogen-bond donors (Lipinski definition) is 2. The Bertz CT molecular complexity index is 432. The third-order valence-corrected chi connectivity index (χ3v) is 3.41. The normalized spacial score (nSPS) is 11.3. The summed E-state index contributed by atoms with van der Waals surface area (Å²) in [5, 5.41) is 9.29. The molecule has 0 aliphatic carbocycles. The zero-order valence-corrected chi connectivity index (χ0v) is 13.3. The summed E-state index contributed by atoms with van der Waals surface area (Å²) in [6.45, 7) is 2.93. The van der Waals surface area contributed by atoms with Crippen molar-refractivity contribution in [1.82, 2.24) is 0 Å². The third kappa shape index (κ3) is 6.42. The smallest absolute Gasteiger partial charge is 0.321 e. The number of halogens is 2. The molecule has 1 aromatic rings. The summed E-state index contributed by atoms with van der Waals surface area (Å²) in [6.07, 6.45) is 7.40. The lowest BCUT2D eigenvalue weighted by atomic mass is 10.1. The first-order valence-corrected chi connectivity index (χ1v) is 7.16. The molecule has 0 aliphatic heterocycles. The molecule has 6 heteroatoms. The van der Waals surface area contributed by atoms with E-state index >= 15 is 0 Å². The van der Waals surface area contributed by atoms with Crippen molar-refractivity contribution >= 4 is 11.6 Å². The van der Waals surface area contributed by atoms with Crippen LogP contribution in [0, 0.1) is 11.3 Å². The van der Waals surface area contributed by atoms with Crippen LogP contribution < -0.4 is 28.2 Å². The molecule has 1 heterocycles. The van der Waals surface area contributed by atoms with Crippen molar-refractivity contribution in [2.24, 2.45) is 5.73 Å². The topological polar surface area (TPSA) is 65.7 Å². The van der Waals surface area contributed by atoms with E-state index in [1.165, 1.54) is 19.3 Å². The second-order valence-corrected chi connectivity index (χ2v) is 5.01. The Morgan fingerprint density at radius 1 is 1.45 bits per heavy atom. The monoisotopic (exact) mass is 316 g/mol. The maximum atomic E-state index is 8.88. The zero-order valence-electron chi connectivity index (χ0n) is 11.8. The molecule has 0 aliphatic rings. The summed E-state index contributed by atoms with van der Waals surface area (Å²) in [7, 11) is 0. The van der Waals surface area contributed by atoms with Crippen LogP contribution in [0.2, 0.25) is 5.15 Å². The van der Waals surface area contributed by atoms with Crippen LogP contribution in [0.25, 0.3) is 0 Å². The van der Waals surface area contributed by atoms with E-state index in [0.29, 0.717) is 10.7 Å². The van der Waals surface area contributed by atoms with Gasteiger partial charge < -0.3 is 18.1 Å². The van der Waals surface area contributed by atoms with E-state index in [1.807, 2.05) is 0 Å². The average Bonchev–Trinajstić information content (AvgIpc) is 2.41. The fraction of sp³-hybridized carbons (Fsp3) is 0.571. The number of nitrogens with two attached hydrogens (primary N) is 1. The molecule has 0 radical (unpaired) electrons. The van der Waals surface area contributed by atoms with Crippen molar-refractivity contribution < 1.29 is 17.1 Å². The van der Waals surface area contributed by atoms with Crippen LogP contribution in [0.3, 0.4) is 0 Å². The van der Waals surface area contributed by atoms with Gasteiger partial charge in [0.1, 0.15) is 11.6 Å². The van der Waals surface area contributed by atoms with E-state index in [2.05, 4.69) is 18.4 Å². The fourth-order valence-electron chi connectivity index (χ4n) is 1.87. The summed E-state index contributed by atoms with van der Waals surface area (Å²) in [5.74, 6) is 0. The van der Waals surface area contributed by atoms with Gasteiger partial charge >= 0.3 is 5.15 Å². The maximum absolute atomic E-state index is 8.88. The van der Waals surface area contributed by atoms with Gasteiger partial charge in [-0.25, -0.2) is 0 Å². The van der Waals surface area contributed by atoms with E-state index in [9.17, 15) is 0 Å².